The van der Waals surface area contributed by atoms with E-state index in [1.807, 2.05) is 0 Å². The number of halogens is 14. The molecule has 18 heteroatoms. The molecule has 0 N–H and O–H groups in total. The van der Waals surface area contributed by atoms with Crippen molar-refractivity contribution in [3.63, 3.8) is 0 Å². The molecule has 0 aromatic rings. The number of alkyl halides is 12. The van der Waals surface area contributed by atoms with E-state index in [1.54, 1.807) is 0 Å². The molecule has 1 rings (SSSR count). The van der Waals surface area contributed by atoms with Crippen molar-refractivity contribution in [3.05, 3.63) is 0 Å². The molecule has 1 aliphatic heterocycles. The molecule has 0 bridgehead atoms. The topological polar surface area (TPSA) is 21.7 Å². The van der Waals surface area contributed by atoms with Crippen LogP contribution in [-0.2, 0) is 9.05 Å². The fourth-order valence-electron chi connectivity index (χ4n) is 2.70. The van der Waals surface area contributed by atoms with Crippen LogP contribution < -0.4 is 0 Å². The first kappa shape index (κ1) is 25.4. The van der Waals surface area contributed by atoms with Gasteiger partial charge >= 0.3 is 145 Å². The van der Waals surface area contributed by atoms with E-state index in [2.05, 4.69) is 9.05 Å². The Bertz CT molecular complexity index is 529. The summed E-state index contributed by atoms with van der Waals surface area (Å²) in [6.07, 6.45) is -30.7. The number of hydrogen-bond donors (Lipinski definition) is 0. The molecular formula is C10H10F14NO2P. The Morgan fingerprint density at radius 3 is 0.964 bits per heavy atom. The van der Waals surface area contributed by atoms with Gasteiger partial charge in [-0.1, -0.05) is 0 Å². The van der Waals surface area contributed by atoms with Gasteiger partial charge in [0, 0.05) is 0 Å². The molecule has 0 aromatic heterocycles. The molecule has 0 aliphatic carbocycles. The summed E-state index contributed by atoms with van der Waals surface area (Å²) in [5.41, 5.74) is -15.0. The van der Waals surface area contributed by atoms with Crippen LogP contribution in [0.2, 0.25) is 0 Å². The zero-order valence-corrected chi connectivity index (χ0v) is 14.3. The van der Waals surface area contributed by atoms with Crippen LogP contribution in [0, 0.1) is 0 Å². The van der Waals surface area contributed by atoms with Crippen molar-refractivity contribution in [1.29, 1.82) is 0 Å². The Balaban J connectivity index is 4.25. The quantitative estimate of drug-likeness (QED) is 0.362. The maximum absolute atomic E-state index is 14.7. The summed E-state index contributed by atoms with van der Waals surface area (Å²) in [4.78, 5) is 0. The molecule has 0 radical (unpaired) electrons. The van der Waals surface area contributed by atoms with E-state index in [9.17, 15) is 61.1 Å². The third-order valence-electron chi connectivity index (χ3n) is 3.84. The monoisotopic (exact) mass is 473 g/mol. The van der Waals surface area contributed by atoms with Crippen molar-refractivity contribution < 1.29 is 70.1 Å². The molecule has 3 nitrogen and oxygen atoms in total. The van der Waals surface area contributed by atoms with Crippen LogP contribution in [0.15, 0.2) is 0 Å². The van der Waals surface area contributed by atoms with Crippen molar-refractivity contribution in [3.8, 4) is 0 Å². The molecule has 0 atom stereocenters. The molecule has 28 heavy (non-hydrogen) atoms. The summed E-state index contributed by atoms with van der Waals surface area (Å²) in [6.45, 7) is -1.35. The van der Waals surface area contributed by atoms with Crippen molar-refractivity contribution in [2.75, 3.05) is 13.1 Å². The third-order valence-corrected chi connectivity index (χ3v) is 6.43. The van der Waals surface area contributed by atoms with Crippen molar-refractivity contribution in [2.45, 2.75) is 49.8 Å². The Labute approximate surface area is 146 Å². The third kappa shape index (κ3) is 3.03. The fraction of sp³-hybridized carbons (Fsp3) is 1.00. The second-order valence-electron chi connectivity index (χ2n) is 5.40. The van der Waals surface area contributed by atoms with Gasteiger partial charge in [0.25, 0.3) is 0 Å². The standard InChI is InChI=1S/C10H10F14NO2P/c1-3-25(4-2)28(23,24)26-5(7(11,12)13,8(14,15)16)6(27-28,9(17,18)19)10(20,21)22/h3-4H2,1-2H3. The predicted molar refractivity (Wildman–Crippen MR) is 63.9 cm³/mol. The Morgan fingerprint density at radius 1 is 0.607 bits per heavy atom. The van der Waals surface area contributed by atoms with Crippen LogP contribution in [0.5, 0.6) is 0 Å². The first-order valence-corrected chi connectivity index (χ1v) is 8.68. The fourth-order valence-corrected chi connectivity index (χ4v) is 5.41. The van der Waals surface area contributed by atoms with Gasteiger partial charge in [-0.2, -0.15) is 0 Å². The van der Waals surface area contributed by atoms with Gasteiger partial charge in [-0.3, -0.25) is 0 Å². The zero-order valence-electron chi connectivity index (χ0n) is 13.4. The molecule has 1 aliphatic rings. The van der Waals surface area contributed by atoms with Gasteiger partial charge in [0.05, 0.1) is 0 Å². The number of nitrogens with zero attached hydrogens (tertiary/aromatic N) is 1. The summed E-state index contributed by atoms with van der Waals surface area (Å²) in [5.74, 6) is 0. The van der Waals surface area contributed by atoms with Crippen molar-refractivity contribution in [1.82, 2.24) is 4.67 Å². The van der Waals surface area contributed by atoms with E-state index in [0.717, 1.165) is 0 Å². The van der Waals surface area contributed by atoms with Gasteiger partial charge in [0.2, 0.25) is 0 Å². The Morgan fingerprint density at radius 2 is 0.821 bits per heavy atom. The average Bonchev–Trinajstić information content (AvgIpc) is 2.66. The van der Waals surface area contributed by atoms with Crippen molar-refractivity contribution in [2.24, 2.45) is 0 Å². The summed E-state index contributed by atoms with van der Waals surface area (Å²) >= 11 is 0. The van der Waals surface area contributed by atoms with Gasteiger partial charge in [0.15, 0.2) is 0 Å². The van der Waals surface area contributed by atoms with Gasteiger partial charge in [-0.05, 0) is 0 Å². The first-order chi connectivity index (χ1) is 12.0. The number of rotatable bonds is 3. The zero-order chi connectivity index (χ0) is 22.9. The molecule has 1 saturated heterocycles. The Kier molecular flexibility index (Phi) is 5.59. The predicted octanol–water partition coefficient (Wildman–Crippen LogP) is 6.17. The first-order valence-electron chi connectivity index (χ1n) is 6.88. The van der Waals surface area contributed by atoms with E-state index >= 15 is 0 Å². The molecule has 170 valence electrons. The minimum atomic E-state index is -8.98. The minimum absolute atomic E-state index is 0.619. The van der Waals surface area contributed by atoms with Crippen LogP contribution in [0.1, 0.15) is 13.8 Å². The number of hydrogen-bond acceptors (Lipinski definition) is 3. The maximum atomic E-state index is 14.7. The van der Waals surface area contributed by atoms with E-state index < -0.39 is 61.5 Å². The summed E-state index contributed by atoms with van der Waals surface area (Å²) in [7, 11) is -8.98. The molecule has 0 saturated carbocycles. The average molecular weight is 473 g/mol. The second-order valence-corrected chi connectivity index (χ2v) is 7.79. The molecule has 1 heterocycles. The second kappa shape index (κ2) is 6.17. The molecule has 1 fully saturated rings. The Hall–Kier alpha value is -0.670. The van der Waals surface area contributed by atoms with Gasteiger partial charge in [-0.25, -0.2) is 0 Å². The van der Waals surface area contributed by atoms with Crippen LogP contribution in [0.4, 0.5) is 61.1 Å². The SMILES string of the molecule is CCN(CC)P1(F)(F)OC(C(F)(F)F)(C(F)(F)F)C(C(F)(F)F)(C(F)(F)F)O1. The molecule has 0 aromatic carbocycles. The van der Waals surface area contributed by atoms with Crippen LogP contribution in [-0.4, -0.2) is 53.7 Å². The van der Waals surface area contributed by atoms with E-state index in [-0.39, 0.29) is 0 Å². The van der Waals surface area contributed by atoms with Gasteiger partial charge in [-0.15, -0.1) is 0 Å². The molecule has 0 unspecified atom stereocenters. The summed E-state index contributed by atoms with van der Waals surface area (Å²) < 4.78 is 192. The molecule has 0 amide bonds. The van der Waals surface area contributed by atoms with E-state index in [1.165, 1.54) is 0 Å². The van der Waals surface area contributed by atoms with Crippen LogP contribution >= 0.6 is 7.83 Å². The van der Waals surface area contributed by atoms with E-state index in [0.29, 0.717) is 13.8 Å². The van der Waals surface area contributed by atoms with Gasteiger partial charge in [0.1, 0.15) is 0 Å². The molecular weight excluding hydrogens is 463 g/mol. The normalized spacial score (nSPS) is 26.1. The van der Waals surface area contributed by atoms with Crippen molar-refractivity contribution >= 4 is 7.83 Å². The molecule has 0 spiro atoms. The van der Waals surface area contributed by atoms with Gasteiger partial charge < -0.3 is 0 Å². The van der Waals surface area contributed by atoms with Crippen LogP contribution in [0.3, 0.4) is 0 Å². The summed E-state index contributed by atoms with van der Waals surface area (Å²) in [5, 5.41) is 0. The van der Waals surface area contributed by atoms with E-state index in [4.69, 9.17) is 0 Å². The van der Waals surface area contributed by atoms with Crippen LogP contribution in [0.25, 0.3) is 0 Å². The summed E-state index contributed by atoms with van der Waals surface area (Å²) in [6, 6.07) is 0.